The second-order valence-electron chi connectivity index (χ2n) is 6.19. The molecule has 2 N–H and O–H groups in total. The zero-order chi connectivity index (χ0) is 19.2. The Morgan fingerprint density at radius 3 is 2.37 bits per heavy atom. The molecule has 0 saturated heterocycles. The highest BCUT2D eigenvalue weighted by molar-refractivity contribution is 6.30. The molecule has 0 unspecified atom stereocenters. The number of hydrogen-bond donors (Lipinski definition) is 2. The largest absolute Gasteiger partial charge is 0.495 e. The van der Waals surface area contributed by atoms with Crippen LogP contribution in [-0.4, -0.2) is 13.0 Å². The number of benzene rings is 3. The summed E-state index contributed by atoms with van der Waals surface area (Å²) in [7, 11) is 1.58. The van der Waals surface area contributed by atoms with Crippen molar-refractivity contribution in [2.45, 2.75) is 13.0 Å². The second-order valence-corrected chi connectivity index (χ2v) is 6.62. The van der Waals surface area contributed by atoms with Crippen molar-refractivity contribution in [2.75, 3.05) is 17.7 Å². The predicted molar refractivity (Wildman–Crippen MR) is 111 cm³/mol. The lowest BCUT2D eigenvalue weighted by atomic mass is 10.1. The molecule has 0 aromatic heterocycles. The van der Waals surface area contributed by atoms with Crippen LogP contribution >= 0.6 is 11.6 Å². The van der Waals surface area contributed by atoms with Gasteiger partial charge in [0.2, 0.25) is 0 Å². The number of nitrogens with one attached hydrogen (secondary N) is 2. The Kier molecular flexibility index (Phi) is 5.99. The topological polar surface area (TPSA) is 50.4 Å². The van der Waals surface area contributed by atoms with Gasteiger partial charge in [-0.05, 0) is 54.4 Å². The van der Waals surface area contributed by atoms with Gasteiger partial charge in [0.1, 0.15) is 11.8 Å². The van der Waals surface area contributed by atoms with Gasteiger partial charge in [0.15, 0.2) is 0 Å². The summed E-state index contributed by atoms with van der Waals surface area (Å²) in [6.07, 6.45) is 0. The summed E-state index contributed by atoms with van der Waals surface area (Å²) in [5, 5.41) is 6.91. The lowest BCUT2D eigenvalue weighted by Crippen LogP contribution is -2.27. The Morgan fingerprint density at radius 1 is 1.00 bits per heavy atom. The number of anilines is 2. The minimum absolute atomic E-state index is 0.181. The summed E-state index contributed by atoms with van der Waals surface area (Å²) >= 11 is 5.96. The van der Waals surface area contributed by atoms with E-state index in [4.69, 9.17) is 16.3 Å². The minimum atomic E-state index is -0.572. The Balaban J connectivity index is 1.89. The van der Waals surface area contributed by atoms with Gasteiger partial charge in [0.05, 0.1) is 12.8 Å². The van der Waals surface area contributed by atoms with Crippen LogP contribution in [0.15, 0.2) is 72.8 Å². The first kappa shape index (κ1) is 18.8. The number of methoxy groups -OCH3 is 1. The third kappa shape index (κ3) is 4.80. The van der Waals surface area contributed by atoms with Crippen molar-refractivity contribution >= 4 is 28.9 Å². The van der Waals surface area contributed by atoms with Crippen LogP contribution < -0.4 is 15.4 Å². The molecule has 0 radical (unpaired) electrons. The summed E-state index contributed by atoms with van der Waals surface area (Å²) in [6, 6.07) is 21.9. The normalized spacial score (nSPS) is 11.5. The van der Waals surface area contributed by atoms with Crippen molar-refractivity contribution in [3.63, 3.8) is 0 Å². The van der Waals surface area contributed by atoms with Crippen LogP contribution in [0.1, 0.15) is 17.2 Å². The van der Waals surface area contributed by atoms with Gasteiger partial charge in [-0.15, -0.1) is 0 Å². The molecule has 3 rings (SSSR count). The maximum Gasteiger partial charge on any atom is 0.251 e. The number of rotatable bonds is 6. The minimum Gasteiger partial charge on any atom is -0.495 e. The number of hydrogen-bond acceptors (Lipinski definition) is 3. The van der Waals surface area contributed by atoms with Gasteiger partial charge in [-0.25, -0.2) is 0 Å². The fraction of sp³-hybridized carbons (Fsp3) is 0.136. The SMILES string of the molecule is COc1ccc(C)cc1NC(=O)[C@H](Nc1ccc(Cl)cc1)c1ccccc1. The van der Waals surface area contributed by atoms with Gasteiger partial charge in [0.25, 0.3) is 5.91 Å². The second kappa shape index (κ2) is 8.60. The van der Waals surface area contributed by atoms with E-state index in [0.29, 0.717) is 16.5 Å². The molecule has 4 nitrogen and oxygen atoms in total. The number of ether oxygens (including phenoxy) is 1. The molecule has 27 heavy (non-hydrogen) atoms. The van der Waals surface area contributed by atoms with Crippen LogP contribution in [0.5, 0.6) is 5.75 Å². The number of carbonyl (C=O) groups excluding carboxylic acids is 1. The molecule has 0 spiro atoms. The van der Waals surface area contributed by atoms with Gasteiger partial charge in [-0.1, -0.05) is 48.0 Å². The zero-order valence-electron chi connectivity index (χ0n) is 15.2. The van der Waals surface area contributed by atoms with E-state index in [9.17, 15) is 4.79 Å². The maximum absolute atomic E-state index is 13.1. The summed E-state index contributed by atoms with van der Waals surface area (Å²) in [5.41, 5.74) is 3.34. The molecule has 5 heteroatoms. The molecule has 0 fully saturated rings. The molecule has 0 aliphatic carbocycles. The van der Waals surface area contributed by atoms with Crippen molar-refractivity contribution in [1.82, 2.24) is 0 Å². The highest BCUT2D eigenvalue weighted by Crippen LogP contribution is 2.28. The first-order valence-corrected chi connectivity index (χ1v) is 8.97. The Morgan fingerprint density at radius 2 is 1.70 bits per heavy atom. The summed E-state index contributed by atoms with van der Waals surface area (Å²) in [4.78, 5) is 13.1. The Hall–Kier alpha value is -2.98. The molecule has 0 aliphatic heterocycles. The van der Waals surface area contributed by atoms with Crippen molar-refractivity contribution in [3.8, 4) is 5.75 Å². The van der Waals surface area contributed by atoms with Crippen LogP contribution in [0.3, 0.4) is 0 Å². The Bertz CT molecular complexity index is 911. The van der Waals surface area contributed by atoms with Crippen LogP contribution in [-0.2, 0) is 4.79 Å². The molecule has 1 atom stereocenters. The average molecular weight is 381 g/mol. The van der Waals surface area contributed by atoms with E-state index in [2.05, 4.69) is 10.6 Å². The molecule has 3 aromatic rings. The van der Waals surface area contributed by atoms with E-state index >= 15 is 0 Å². The van der Waals surface area contributed by atoms with Crippen molar-refractivity contribution in [1.29, 1.82) is 0 Å². The van der Waals surface area contributed by atoms with E-state index < -0.39 is 6.04 Å². The lowest BCUT2D eigenvalue weighted by molar-refractivity contribution is -0.117. The fourth-order valence-corrected chi connectivity index (χ4v) is 2.91. The zero-order valence-corrected chi connectivity index (χ0v) is 16.0. The fourth-order valence-electron chi connectivity index (χ4n) is 2.78. The van der Waals surface area contributed by atoms with Gasteiger partial charge < -0.3 is 15.4 Å². The number of aryl methyl sites for hydroxylation is 1. The predicted octanol–water partition coefficient (Wildman–Crippen LogP) is 5.45. The van der Waals surface area contributed by atoms with Gasteiger partial charge >= 0.3 is 0 Å². The molecule has 0 heterocycles. The standard InChI is InChI=1S/C22H21ClN2O2/c1-15-8-13-20(27-2)19(14-15)25-22(26)21(16-6-4-3-5-7-16)24-18-11-9-17(23)10-12-18/h3-14,21,24H,1-2H3,(H,25,26)/t21-/m1/s1. The summed E-state index contributed by atoms with van der Waals surface area (Å²) in [5.74, 6) is 0.437. The molecule has 3 aromatic carbocycles. The third-order valence-corrected chi connectivity index (χ3v) is 4.42. The molecular weight excluding hydrogens is 360 g/mol. The van der Waals surface area contributed by atoms with Gasteiger partial charge in [-0.2, -0.15) is 0 Å². The van der Waals surface area contributed by atoms with E-state index in [1.807, 2.05) is 67.6 Å². The molecule has 0 bridgehead atoms. The Labute approximate surface area is 164 Å². The van der Waals surface area contributed by atoms with Crippen LogP contribution in [0.4, 0.5) is 11.4 Å². The quantitative estimate of drug-likeness (QED) is 0.597. The smallest absolute Gasteiger partial charge is 0.251 e. The highest BCUT2D eigenvalue weighted by Gasteiger charge is 2.21. The van der Waals surface area contributed by atoms with Crippen molar-refractivity contribution < 1.29 is 9.53 Å². The van der Waals surface area contributed by atoms with Gasteiger partial charge in [0, 0.05) is 10.7 Å². The monoisotopic (exact) mass is 380 g/mol. The number of carbonyl (C=O) groups is 1. The molecular formula is C22H21ClN2O2. The third-order valence-electron chi connectivity index (χ3n) is 4.16. The first-order chi connectivity index (χ1) is 13.1. The summed E-state index contributed by atoms with van der Waals surface area (Å²) < 4.78 is 5.37. The maximum atomic E-state index is 13.1. The van der Waals surface area contributed by atoms with E-state index in [1.54, 1.807) is 19.2 Å². The first-order valence-electron chi connectivity index (χ1n) is 8.59. The number of halogens is 1. The summed E-state index contributed by atoms with van der Waals surface area (Å²) in [6.45, 7) is 1.97. The van der Waals surface area contributed by atoms with E-state index in [0.717, 1.165) is 16.8 Å². The molecule has 0 saturated carbocycles. The molecule has 1 amide bonds. The average Bonchev–Trinajstić information content (AvgIpc) is 2.68. The van der Waals surface area contributed by atoms with Crippen LogP contribution in [0.25, 0.3) is 0 Å². The molecule has 0 aliphatic rings. The number of amides is 1. The van der Waals surface area contributed by atoms with E-state index in [-0.39, 0.29) is 5.91 Å². The van der Waals surface area contributed by atoms with E-state index in [1.165, 1.54) is 0 Å². The lowest BCUT2D eigenvalue weighted by Gasteiger charge is -2.21. The van der Waals surface area contributed by atoms with Crippen molar-refractivity contribution in [2.24, 2.45) is 0 Å². The van der Waals surface area contributed by atoms with Crippen molar-refractivity contribution in [3.05, 3.63) is 88.9 Å². The van der Waals surface area contributed by atoms with Crippen LogP contribution in [0.2, 0.25) is 5.02 Å². The van der Waals surface area contributed by atoms with Crippen LogP contribution in [0, 0.1) is 6.92 Å². The van der Waals surface area contributed by atoms with Gasteiger partial charge in [-0.3, -0.25) is 4.79 Å². The molecule has 138 valence electrons. The highest BCUT2D eigenvalue weighted by atomic mass is 35.5.